The van der Waals surface area contributed by atoms with Gasteiger partial charge < -0.3 is 5.11 Å². The lowest BCUT2D eigenvalue weighted by molar-refractivity contribution is -0.144. The second kappa shape index (κ2) is 11.2. The highest BCUT2D eigenvalue weighted by Gasteiger charge is 2.39. The summed E-state index contributed by atoms with van der Waals surface area (Å²) in [6, 6.07) is 0. The van der Waals surface area contributed by atoms with Gasteiger partial charge in [0.2, 0.25) is 5.78 Å². The minimum atomic E-state index is -3.25. The zero-order valence-corrected chi connectivity index (χ0v) is 15.5. The van der Waals surface area contributed by atoms with Crippen LogP contribution in [-0.2, 0) is 14.4 Å². The highest BCUT2D eigenvalue weighted by molar-refractivity contribution is 5.86. The van der Waals surface area contributed by atoms with E-state index in [4.69, 9.17) is 5.11 Å². The van der Waals surface area contributed by atoms with Gasteiger partial charge in [0.15, 0.2) is 0 Å². The monoisotopic (exact) mass is 372 g/mol. The van der Waals surface area contributed by atoms with Gasteiger partial charge in [-0.05, 0) is 44.4 Å². The molecule has 0 amide bonds. The predicted octanol–water partition coefficient (Wildman–Crippen LogP) is 4.96. The third-order valence-corrected chi connectivity index (χ3v) is 5.13. The predicted molar refractivity (Wildman–Crippen MR) is 95.2 cm³/mol. The third kappa shape index (κ3) is 7.75. The zero-order chi connectivity index (χ0) is 19.6. The Balaban J connectivity index is 2.39. The molecule has 1 fully saturated rings. The number of carbonyl (C=O) groups excluding carboxylic acids is 2. The Hall–Kier alpha value is -1.59. The molecule has 0 aromatic rings. The molecule has 0 saturated heterocycles. The maximum absolute atomic E-state index is 13.8. The van der Waals surface area contributed by atoms with E-state index in [0.29, 0.717) is 44.9 Å². The average molecular weight is 372 g/mol. The summed E-state index contributed by atoms with van der Waals surface area (Å²) in [4.78, 5) is 34.2. The summed E-state index contributed by atoms with van der Waals surface area (Å²) < 4.78 is 27.5. The standard InChI is InChI=1S/C20H30F2O4/c1-2-3-14-20(21,22)18(24)13-11-15-10-12-17(23)16(15)8-6-4-5-7-9-19(25)26/h7,9,15-16H,2-6,8,10-14H2,1H3,(H,25,26)/b9-7+/t15-,16-/m1/s1. The number of carbonyl (C=O) groups is 3. The Morgan fingerprint density at radius 2 is 1.96 bits per heavy atom. The van der Waals surface area contributed by atoms with Crippen LogP contribution in [0.25, 0.3) is 0 Å². The molecule has 6 heteroatoms. The lowest BCUT2D eigenvalue weighted by Crippen LogP contribution is -2.29. The van der Waals surface area contributed by atoms with Crippen LogP contribution in [0.4, 0.5) is 8.78 Å². The van der Waals surface area contributed by atoms with E-state index >= 15 is 0 Å². The summed E-state index contributed by atoms with van der Waals surface area (Å²) in [5, 5.41) is 8.51. The molecule has 1 N–H and O–H groups in total. The van der Waals surface area contributed by atoms with Crippen LogP contribution < -0.4 is 0 Å². The van der Waals surface area contributed by atoms with Gasteiger partial charge >= 0.3 is 11.9 Å². The number of hydrogen-bond donors (Lipinski definition) is 1. The largest absolute Gasteiger partial charge is 0.478 e. The average Bonchev–Trinajstić information content (AvgIpc) is 2.93. The topological polar surface area (TPSA) is 71.4 Å². The number of hydrogen-bond acceptors (Lipinski definition) is 3. The van der Waals surface area contributed by atoms with Gasteiger partial charge in [0, 0.05) is 31.3 Å². The molecule has 0 unspecified atom stereocenters. The van der Waals surface area contributed by atoms with E-state index in [1.54, 1.807) is 6.08 Å². The molecule has 2 atom stereocenters. The van der Waals surface area contributed by atoms with E-state index in [9.17, 15) is 23.2 Å². The Morgan fingerprint density at radius 1 is 1.23 bits per heavy atom. The van der Waals surface area contributed by atoms with Crippen LogP contribution in [0.2, 0.25) is 0 Å². The van der Waals surface area contributed by atoms with Gasteiger partial charge in [-0.25, -0.2) is 4.79 Å². The first-order chi connectivity index (χ1) is 12.3. The zero-order valence-electron chi connectivity index (χ0n) is 15.5. The summed E-state index contributed by atoms with van der Waals surface area (Å²) in [6.45, 7) is 1.81. The van der Waals surface area contributed by atoms with Crippen molar-refractivity contribution < 1.29 is 28.3 Å². The molecular formula is C20H30F2O4. The fourth-order valence-electron chi connectivity index (χ4n) is 3.57. The Morgan fingerprint density at radius 3 is 2.62 bits per heavy atom. The van der Waals surface area contributed by atoms with Gasteiger partial charge in [0.25, 0.3) is 0 Å². The van der Waals surface area contributed by atoms with Crippen LogP contribution >= 0.6 is 0 Å². The molecule has 4 nitrogen and oxygen atoms in total. The number of Topliss-reactive ketones (excluding diaryl/α,β-unsaturated/α-hetero) is 2. The highest BCUT2D eigenvalue weighted by atomic mass is 19.3. The van der Waals surface area contributed by atoms with Crippen molar-refractivity contribution in [2.45, 2.75) is 83.5 Å². The maximum Gasteiger partial charge on any atom is 0.327 e. The summed E-state index contributed by atoms with van der Waals surface area (Å²) in [7, 11) is 0. The molecule has 0 aliphatic heterocycles. The number of unbranched alkanes of at least 4 members (excludes halogenated alkanes) is 3. The van der Waals surface area contributed by atoms with Crippen molar-refractivity contribution in [3.63, 3.8) is 0 Å². The number of halogens is 2. The lowest BCUT2D eigenvalue weighted by Gasteiger charge is -2.20. The summed E-state index contributed by atoms with van der Waals surface area (Å²) >= 11 is 0. The van der Waals surface area contributed by atoms with Crippen molar-refractivity contribution >= 4 is 17.5 Å². The van der Waals surface area contributed by atoms with Gasteiger partial charge in [0.1, 0.15) is 5.78 Å². The number of alkyl halides is 2. The Kier molecular flexibility index (Phi) is 9.66. The maximum atomic E-state index is 13.8. The lowest BCUT2D eigenvalue weighted by atomic mass is 9.86. The van der Waals surface area contributed by atoms with Gasteiger partial charge in [0.05, 0.1) is 0 Å². The normalized spacial score (nSPS) is 20.8. The highest BCUT2D eigenvalue weighted by Crippen LogP contribution is 2.37. The molecular weight excluding hydrogens is 342 g/mol. The number of ketones is 2. The van der Waals surface area contributed by atoms with Crippen molar-refractivity contribution in [1.82, 2.24) is 0 Å². The van der Waals surface area contributed by atoms with E-state index in [1.165, 1.54) is 0 Å². The van der Waals surface area contributed by atoms with Crippen molar-refractivity contribution in [3.8, 4) is 0 Å². The van der Waals surface area contributed by atoms with Crippen LogP contribution in [0.15, 0.2) is 12.2 Å². The fourth-order valence-corrected chi connectivity index (χ4v) is 3.57. The molecule has 0 heterocycles. The van der Waals surface area contributed by atoms with Crippen LogP contribution in [-0.4, -0.2) is 28.6 Å². The molecule has 0 radical (unpaired) electrons. The van der Waals surface area contributed by atoms with Crippen molar-refractivity contribution in [2.75, 3.05) is 0 Å². The molecule has 1 aliphatic carbocycles. The molecule has 0 aromatic carbocycles. The third-order valence-electron chi connectivity index (χ3n) is 5.13. The smallest absolute Gasteiger partial charge is 0.327 e. The fraction of sp³-hybridized carbons (Fsp3) is 0.750. The molecule has 1 aliphatic rings. The number of allylic oxidation sites excluding steroid dienone is 1. The number of carboxylic acids is 1. The molecule has 148 valence electrons. The van der Waals surface area contributed by atoms with Crippen molar-refractivity contribution in [2.24, 2.45) is 11.8 Å². The van der Waals surface area contributed by atoms with Crippen LogP contribution in [0.3, 0.4) is 0 Å². The number of rotatable bonds is 13. The Bertz CT molecular complexity index is 514. The summed E-state index contributed by atoms with van der Waals surface area (Å²) in [5.74, 6) is -5.18. The molecule has 1 rings (SSSR count). The van der Waals surface area contributed by atoms with E-state index in [-0.39, 0.29) is 30.5 Å². The molecule has 0 bridgehead atoms. The van der Waals surface area contributed by atoms with E-state index in [2.05, 4.69) is 0 Å². The second-order valence-electron chi connectivity index (χ2n) is 7.17. The van der Waals surface area contributed by atoms with Crippen LogP contribution in [0.1, 0.15) is 77.6 Å². The van der Waals surface area contributed by atoms with Gasteiger partial charge in [-0.1, -0.05) is 25.8 Å². The van der Waals surface area contributed by atoms with Crippen LogP contribution in [0.5, 0.6) is 0 Å². The van der Waals surface area contributed by atoms with E-state index < -0.39 is 17.7 Å². The molecule has 26 heavy (non-hydrogen) atoms. The molecule has 0 spiro atoms. The summed E-state index contributed by atoms with van der Waals surface area (Å²) in [6.07, 6.45) is 7.51. The Labute approximate surface area is 154 Å². The SMILES string of the molecule is CCCCC(F)(F)C(=O)CC[C@H]1CCC(=O)[C@@H]1CCCC/C=C/C(=O)O. The van der Waals surface area contributed by atoms with Crippen molar-refractivity contribution in [1.29, 1.82) is 0 Å². The minimum absolute atomic E-state index is 0.0167. The number of aliphatic carboxylic acids is 1. The second-order valence-corrected chi connectivity index (χ2v) is 7.17. The number of carboxylic acid groups (broad SMARTS) is 1. The first kappa shape index (κ1) is 22.5. The van der Waals surface area contributed by atoms with Gasteiger partial charge in [-0.2, -0.15) is 8.78 Å². The first-order valence-electron chi connectivity index (χ1n) is 9.61. The molecule has 0 aromatic heterocycles. The van der Waals surface area contributed by atoms with Crippen LogP contribution in [0, 0.1) is 11.8 Å². The first-order valence-corrected chi connectivity index (χ1v) is 9.61. The molecule has 1 saturated carbocycles. The summed E-state index contributed by atoms with van der Waals surface area (Å²) in [5.41, 5.74) is 0. The minimum Gasteiger partial charge on any atom is -0.478 e. The van der Waals surface area contributed by atoms with E-state index in [0.717, 1.165) is 18.9 Å². The van der Waals surface area contributed by atoms with E-state index in [1.807, 2.05) is 6.92 Å². The van der Waals surface area contributed by atoms with Gasteiger partial charge in [-0.3, -0.25) is 9.59 Å². The van der Waals surface area contributed by atoms with Gasteiger partial charge in [-0.15, -0.1) is 0 Å². The quantitative estimate of drug-likeness (QED) is 0.366. The van der Waals surface area contributed by atoms with Crippen molar-refractivity contribution in [3.05, 3.63) is 12.2 Å².